The number of benzene rings is 1. The molecule has 1 unspecified atom stereocenters. The van der Waals surface area contributed by atoms with Crippen molar-refractivity contribution in [1.82, 2.24) is 0 Å². The monoisotopic (exact) mass is 350 g/mol. The first-order valence-corrected chi connectivity index (χ1v) is 9.74. The number of hydrogen-bond acceptors (Lipinski definition) is 4. The standard InChI is InChI=1S/C12H24O.C9H10O3/c1-2-3-4-5-6-7-9-12-10-8-11-13-12;1-2-12-8-5-3-4-7(6-10)9(8)11/h12H,2-11H2,1H3;3-6,11H,2H2,1H3. The van der Waals surface area contributed by atoms with E-state index in [1.165, 1.54) is 63.9 Å². The molecular weight excluding hydrogens is 316 g/mol. The minimum atomic E-state index is -0.0886. The molecule has 25 heavy (non-hydrogen) atoms. The lowest BCUT2D eigenvalue weighted by Gasteiger charge is -2.08. The van der Waals surface area contributed by atoms with Crippen molar-refractivity contribution in [3.8, 4) is 11.5 Å². The Balaban J connectivity index is 0.000000251. The maximum atomic E-state index is 10.4. The number of carbonyl (C=O) groups excluding carboxylic acids is 1. The number of unbranched alkanes of at least 4 members (excludes halogenated alkanes) is 5. The largest absolute Gasteiger partial charge is 0.504 e. The lowest BCUT2D eigenvalue weighted by atomic mass is 10.1. The molecule has 0 aliphatic carbocycles. The number of carbonyl (C=O) groups is 1. The Morgan fingerprint density at radius 1 is 1.20 bits per heavy atom. The van der Waals surface area contributed by atoms with Crippen molar-refractivity contribution in [1.29, 1.82) is 0 Å². The molecule has 142 valence electrons. The molecular formula is C21H34O4. The highest BCUT2D eigenvalue weighted by Gasteiger charge is 2.14. The molecule has 1 aromatic carbocycles. The second-order valence-corrected chi connectivity index (χ2v) is 6.44. The lowest BCUT2D eigenvalue weighted by Crippen LogP contribution is -2.03. The number of hydrogen-bond donors (Lipinski definition) is 1. The fraction of sp³-hybridized carbons (Fsp3) is 0.667. The third-order valence-electron chi connectivity index (χ3n) is 4.36. The van der Waals surface area contributed by atoms with Gasteiger partial charge in [-0.15, -0.1) is 0 Å². The van der Waals surface area contributed by atoms with Gasteiger partial charge in [0, 0.05) is 6.61 Å². The summed E-state index contributed by atoms with van der Waals surface area (Å²) in [5, 5.41) is 9.36. The van der Waals surface area contributed by atoms with Crippen molar-refractivity contribution >= 4 is 6.29 Å². The smallest absolute Gasteiger partial charge is 0.168 e. The zero-order valence-electron chi connectivity index (χ0n) is 15.8. The summed E-state index contributed by atoms with van der Waals surface area (Å²) in [6.45, 7) is 5.57. The third-order valence-corrected chi connectivity index (χ3v) is 4.36. The van der Waals surface area contributed by atoms with Crippen LogP contribution in [0.1, 0.15) is 82.0 Å². The topological polar surface area (TPSA) is 55.8 Å². The molecule has 4 heteroatoms. The fourth-order valence-corrected chi connectivity index (χ4v) is 2.93. The summed E-state index contributed by atoms with van der Waals surface area (Å²) >= 11 is 0. The SMILES string of the molecule is CCCCCCCCC1CCCO1.CCOc1cccc(C=O)c1O. The minimum Gasteiger partial charge on any atom is -0.504 e. The van der Waals surface area contributed by atoms with Crippen LogP contribution < -0.4 is 4.74 Å². The van der Waals surface area contributed by atoms with Crippen LogP contribution in [-0.4, -0.2) is 30.7 Å². The highest BCUT2D eigenvalue weighted by molar-refractivity contribution is 5.80. The van der Waals surface area contributed by atoms with Crippen LogP contribution in [0.25, 0.3) is 0 Å². The van der Waals surface area contributed by atoms with E-state index in [9.17, 15) is 9.90 Å². The Kier molecular flexibility index (Phi) is 11.8. The van der Waals surface area contributed by atoms with Crippen LogP contribution in [0.5, 0.6) is 11.5 Å². The van der Waals surface area contributed by atoms with E-state index in [2.05, 4.69) is 6.92 Å². The first kappa shape index (κ1) is 21.5. The highest BCUT2D eigenvalue weighted by atomic mass is 16.5. The first-order valence-electron chi connectivity index (χ1n) is 9.74. The summed E-state index contributed by atoms with van der Waals surface area (Å²) in [6, 6.07) is 4.81. The van der Waals surface area contributed by atoms with E-state index < -0.39 is 0 Å². The average molecular weight is 350 g/mol. The van der Waals surface area contributed by atoms with Gasteiger partial charge >= 0.3 is 0 Å². The Morgan fingerprint density at radius 2 is 1.96 bits per heavy atom. The van der Waals surface area contributed by atoms with E-state index in [0.29, 0.717) is 24.7 Å². The van der Waals surface area contributed by atoms with Crippen LogP contribution in [0.4, 0.5) is 0 Å². The van der Waals surface area contributed by atoms with Crippen LogP contribution in [0.15, 0.2) is 18.2 Å². The minimum absolute atomic E-state index is 0.0886. The number of aromatic hydroxyl groups is 1. The molecule has 0 aromatic heterocycles. The van der Waals surface area contributed by atoms with Crippen molar-refractivity contribution in [2.24, 2.45) is 0 Å². The van der Waals surface area contributed by atoms with Gasteiger partial charge < -0.3 is 14.6 Å². The van der Waals surface area contributed by atoms with Crippen molar-refractivity contribution < 1.29 is 19.4 Å². The number of phenols is 1. The number of rotatable bonds is 10. The summed E-state index contributed by atoms with van der Waals surface area (Å²) in [6.07, 6.45) is 13.6. The van der Waals surface area contributed by atoms with Gasteiger partial charge in [0.1, 0.15) is 0 Å². The quantitative estimate of drug-likeness (QED) is 0.446. The molecule has 4 nitrogen and oxygen atoms in total. The van der Waals surface area contributed by atoms with Gasteiger partial charge in [-0.1, -0.05) is 51.5 Å². The second-order valence-electron chi connectivity index (χ2n) is 6.44. The van der Waals surface area contributed by atoms with Gasteiger partial charge in [0.2, 0.25) is 0 Å². The van der Waals surface area contributed by atoms with Crippen molar-refractivity contribution in [2.45, 2.75) is 77.7 Å². The average Bonchev–Trinajstić information content (AvgIpc) is 3.14. The number of aldehydes is 1. The Bertz CT molecular complexity index is 467. The molecule has 1 saturated heterocycles. The van der Waals surface area contributed by atoms with E-state index in [-0.39, 0.29) is 11.3 Å². The van der Waals surface area contributed by atoms with Gasteiger partial charge in [0.05, 0.1) is 18.3 Å². The van der Waals surface area contributed by atoms with Crippen LogP contribution in [0.2, 0.25) is 0 Å². The van der Waals surface area contributed by atoms with E-state index in [0.717, 1.165) is 6.61 Å². The van der Waals surface area contributed by atoms with Crippen molar-refractivity contribution in [2.75, 3.05) is 13.2 Å². The summed E-state index contributed by atoms with van der Waals surface area (Å²) < 4.78 is 10.7. The van der Waals surface area contributed by atoms with Gasteiger partial charge in [0.25, 0.3) is 0 Å². The molecule has 0 spiro atoms. The van der Waals surface area contributed by atoms with Gasteiger partial charge in [-0.05, 0) is 38.3 Å². The molecule has 1 atom stereocenters. The lowest BCUT2D eigenvalue weighted by molar-refractivity contribution is 0.102. The normalized spacial score (nSPS) is 16.2. The molecule has 2 rings (SSSR count). The highest BCUT2D eigenvalue weighted by Crippen LogP contribution is 2.28. The maximum absolute atomic E-state index is 10.4. The van der Waals surface area contributed by atoms with Gasteiger partial charge in [-0.25, -0.2) is 0 Å². The molecule has 1 aromatic rings. The van der Waals surface area contributed by atoms with Gasteiger partial charge in [-0.2, -0.15) is 0 Å². The number of para-hydroxylation sites is 1. The number of ether oxygens (including phenoxy) is 2. The van der Waals surface area contributed by atoms with E-state index in [4.69, 9.17) is 9.47 Å². The summed E-state index contributed by atoms with van der Waals surface area (Å²) in [4.78, 5) is 10.4. The zero-order valence-corrected chi connectivity index (χ0v) is 15.8. The fourth-order valence-electron chi connectivity index (χ4n) is 2.93. The summed E-state index contributed by atoms with van der Waals surface area (Å²) in [7, 11) is 0. The predicted molar refractivity (Wildman–Crippen MR) is 102 cm³/mol. The van der Waals surface area contributed by atoms with Crippen LogP contribution in [0.3, 0.4) is 0 Å². The summed E-state index contributed by atoms with van der Waals surface area (Å²) in [5.41, 5.74) is 0.251. The molecule has 1 heterocycles. The molecule has 0 radical (unpaired) electrons. The van der Waals surface area contributed by atoms with Gasteiger partial charge in [0.15, 0.2) is 17.8 Å². The molecule has 0 amide bonds. The van der Waals surface area contributed by atoms with Crippen molar-refractivity contribution in [3.05, 3.63) is 23.8 Å². The molecule has 1 aliphatic rings. The summed E-state index contributed by atoms with van der Waals surface area (Å²) in [5.74, 6) is 0.261. The van der Waals surface area contributed by atoms with Crippen LogP contribution in [-0.2, 0) is 4.74 Å². The van der Waals surface area contributed by atoms with Gasteiger partial charge in [-0.3, -0.25) is 4.79 Å². The van der Waals surface area contributed by atoms with Crippen LogP contribution >= 0.6 is 0 Å². The molecule has 1 N–H and O–H groups in total. The Morgan fingerprint density at radius 3 is 2.60 bits per heavy atom. The Labute approximate surface area is 152 Å². The third kappa shape index (κ3) is 8.92. The molecule has 1 aliphatic heterocycles. The molecule has 0 saturated carbocycles. The molecule has 0 bridgehead atoms. The molecule has 1 fully saturated rings. The van der Waals surface area contributed by atoms with E-state index in [1.807, 2.05) is 6.92 Å². The van der Waals surface area contributed by atoms with Crippen LogP contribution in [0, 0.1) is 0 Å². The number of phenolic OH excluding ortho intramolecular Hbond substituents is 1. The van der Waals surface area contributed by atoms with E-state index in [1.54, 1.807) is 12.1 Å². The predicted octanol–water partition coefficient (Wildman–Crippen LogP) is 5.52. The second kappa shape index (κ2) is 13.7. The van der Waals surface area contributed by atoms with E-state index >= 15 is 0 Å². The zero-order chi connectivity index (χ0) is 18.3. The Hall–Kier alpha value is -1.55. The maximum Gasteiger partial charge on any atom is 0.168 e. The first-order chi connectivity index (χ1) is 12.2. The van der Waals surface area contributed by atoms with Crippen molar-refractivity contribution in [3.63, 3.8) is 0 Å².